The normalized spacial score (nSPS) is 13.0. The first-order chi connectivity index (χ1) is 16.1. The van der Waals surface area contributed by atoms with Gasteiger partial charge in [-0.1, -0.05) is 36.9 Å². The quantitative estimate of drug-likeness (QED) is 0.337. The van der Waals surface area contributed by atoms with Gasteiger partial charge in [0.1, 0.15) is 12.1 Å². The summed E-state index contributed by atoms with van der Waals surface area (Å²) in [4.78, 5) is 29.1. The van der Waals surface area contributed by atoms with Gasteiger partial charge in [-0.15, -0.1) is 0 Å². The number of aromatic amines is 1. The molecule has 4 aromatic rings. The molecule has 0 bridgehead atoms. The molecule has 6 heteroatoms. The second-order valence-corrected chi connectivity index (χ2v) is 8.15. The Balaban J connectivity index is 1.32. The van der Waals surface area contributed by atoms with Crippen molar-refractivity contribution in [3.05, 3.63) is 102 Å². The molecule has 6 nitrogen and oxygen atoms in total. The predicted molar refractivity (Wildman–Crippen MR) is 132 cm³/mol. The van der Waals surface area contributed by atoms with Gasteiger partial charge in [0.25, 0.3) is 0 Å². The van der Waals surface area contributed by atoms with E-state index in [1.54, 1.807) is 11.0 Å². The molecule has 0 spiro atoms. The van der Waals surface area contributed by atoms with E-state index in [0.29, 0.717) is 30.8 Å². The Hall–Kier alpha value is -4.32. The summed E-state index contributed by atoms with van der Waals surface area (Å²) in [5.74, 6) is 0.721. The Morgan fingerprint density at radius 1 is 1.00 bits per heavy atom. The average Bonchev–Trinajstić information content (AvgIpc) is 3.29. The number of aldehydes is 1. The highest BCUT2D eigenvalue weighted by Crippen LogP contribution is 2.32. The second kappa shape index (κ2) is 8.67. The predicted octanol–water partition coefficient (Wildman–Crippen LogP) is 5.46. The number of fused-ring (bicyclic) bond motifs is 2. The van der Waals surface area contributed by atoms with Gasteiger partial charge in [-0.05, 0) is 59.3 Å². The number of H-pyrrole nitrogens is 1. The number of carbonyl (C=O) groups excluding carboxylic acids is 2. The molecule has 3 aromatic carbocycles. The molecule has 1 aliphatic rings. The van der Waals surface area contributed by atoms with Gasteiger partial charge < -0.3 is 20.5 Å². The Morgan fingerprint density at radius 2 is 1.79 bits per heavy atom. The molecular weight excluding hydrogens is 412 g/mol. The molecule has 3 N–H and O–H groups in total. The number of aromatic nitrogens is 1. The van der Waals surface area contributed by atoms with Crippen LogP contribution in [0.1, 0.15) is 27.9 Å². The van der Waals surface area contributed by atoms with E-state index in [4.69, 9.17) is 0 Å². The van der Waals surface area contributed by atoms with Crippen molar-refractivity contribution in [1.82, 2.24) is 4.98 Å². The van der Waals surface area contributed by atoms with E-state index in [-0.39, 0.29) is 5.91 Å². The first kappa shape index (κ1) is 20.6. The van der Waals surface area contributed by atoms with Gasteiger partial charge in [0.05, 0.1) is 6.54 Å². The minimum atomic E-state index is 0.0645. The number of hydrogen-bond acceptors (Lipinski definition) is 4. The van der Waals surface area contributed by atoms with Crippen LogP contribution in [0.4, 0.5) is 17.1 Å². The summed E-state index contributed by atoms with van der Waals surface area (Å²) in [6.45, 7) is 4.47. The summed E-state index contributed by atoms with van der Waals surface area (Å²) in [5.41, 5.74) is 6.31. The molecule has 5 rings (SSSR count). The van der Waals surface area contributed by atoms with Crippen LogP contribution in [0.5, 0.6) is 0 Å². The smallest absolute Gasteiger partial charge is 0.227 e. The first-order valence-corrected chi connectivity index (χ1v) is 10.9. The molecule has 33 heavy (non-hydrogen) atoms. The van der Waals surface area contributed by atoms with Crippen LogP contribution in [-0.2, 0) is 17.8 Å². The van der Waals surface area contributed by atoms with E-state index < -0.39 is 0 Å². The average molecular weight is 437 g/mol. The van der Waals surface area contributed by atoms with Crippen molar-refractivity contribution in [1.29, 1.82) is 0 Å². The van der Waals surface area contributed by atoms with Crippen LogP contribution in [0.2, 0.25) is 0 Å². The third-order valence-corrected chi connectivity index (χ3v) is 5.94. The lowest BCUT2D eigenvalue weighted by Gasteiger charge is -2.30. The van der Waals surface area contributed by atoms with E-state index in [2.05, 4.69) is 34.3 Å². The van der Waals surface area contributed by atoms with Crippen molar-refractivity contribution < 1.29 is 9.59 Å². The summed E-state index contributed by atoms with van der Waals surface area (Å²) in [5, 5.41) is 7.76. The Bertz CT molecular complexity index is 1370. The Kier molecular flexibility index (Phi) is 5.40. The van der Waals surface area contributed by atoms with Crippen molar-refractivity contribution in [2.45, 2.75) is 19.4 Å². The lowest BCUT2D eigenvalue weighted by Crippen LogP contribution is -2.34. The maximum atomic E-state index is 12.7. The fourth-order valence-electron chi connectivity index (χ4n) is 4.28. The third-order valence-electron chi connectivity index (χ3n) is 5.94. The molecule has 0 atom stereocenters. The molecule has 0 unspecified atom stereocenters. The van der Waals surface area contributed by atoms with Gasteiger partial charge in [-0.2, -0.15) is 0 Å². The minimum absolute atomic E-state index is 0.0645. The molecule has 1 amide bonds. The fraction of sp³-hybridized carbons (Fsp3) is 0.111. The number of nitrogens with zero attached hydrogens (tertiary/aromatic N) is 1. The summed E-state index contributed by atoms with van der Waals surface area (Å²) in [6.07, 6.45) is 3.87. The zero-order chi connectivity index (χ0) is 22.8. The maximum absolute atomic E-state index is 12.7. The van der Waals surface area contributed by atoms with E-state index in [1.807, 2.05) is 54.7 Å². The molecular formula is C27H24N4O2. The largest absolute Gasteiger partial charge is 0.361 e. The van der Waals surface area contributed by atoms with Gasteiger partial charge in [0.15, 0.2) is 0 Å². The molecule has 0 saturated carbocycles. The van der Waals surface area contributed by atoms with Crippen LogP contribution in [0, 0.1) is 0 Å². The van der Waals surface area contributed by atoms with E-state index in [1.165, 1.54) is 0 Å². The molecule has 0 fully saturated rings. The molecule has 1 aliphatic heterocycles. The summed E-state index contributed by atoms with van der Waals surface area (Å²) < 4.78 is 0. The van der Waals surface area contributed by atoms with Gasteiger partial charge in [-0.25, -0.2) is 0 Å². The zero-order valence-corrected chi connectivity index (χ0v) is 18.1. The molecule has 0 saturated heterocycles. The second-order valence-electron chi connectivity index (χ2n) is 8.15. The number of aryl methyl sites for hydroxylation is 1. The molecule has 2 heterocycles. The number of nitrogens with one attached hydrogen (secondary N) is 3. The third kappa shape index (κ3) is 4.23. The molecule has 164 valence electrons. The van der Waals surface area contributed by atoms with Crippen LogP contribution in [0.15, 0.2) is 85.3 Å². The SMILES string of the molecule is C=C(Nc1ccc2c(c1)CCC(=O)N2Cc1ccccc1C=O)Nc1ccc2cc[nH]c2c1. The lowest BCUT2D eigenvalue weighted by atomic mass is 9.99. The van der Waals surface area contributed by atoms with Crippen molar-refractivity contribution in [3.8, 4) is 0 Å². The van der Waals surface area contributed by atoms with Crippen molar-refractivity contribution in [2.75, 3.05) is 15.5 Å². The topological polar surface area (TPSA) is 77.2 Å². The monoisotopic (exact) mass is 436 g/mol. The van der Waals surface area contributed by atoms with Gasteiger partial charge in [-0.3, -0.25) is 9.59 Å². The molecule has 1 aromatic heterocycles. The van der Waals surface area contributed by atoms with Crippen molar-refractivity contribution in [2.24, 2.45) is 0 Å². The number of anilines is 3. The molecule has 0 aliphatic carbocycles. The van der Waals surface area contributed by atoms with Gasteiger partial charge in [0.2, 0.25) is 5.91 Å². The first-order valence-electron chi connectivity index (χ1n) is 10.9. The van der Waals surface area contributed by atoms with Crippen molar-refractivity contribution in [3.63, 3.8) is 0 Å². The number of hydrogen-bond donors (Lipinski definition) is 3. The standard InChI is InChI=1S/C27H24N4O2/c1-18(30-24-8-6-19-12-13-28-25(19)15-24)29-23-9-10-26-20(14-23)7-11-27(33)31(26)16-21-4-2-3-5-22(21)17-32/h2-6,8-10,12-15,17,28-30H,1,7,11,16H2. The highest BCUT2D eigenvalue weighted by Gasteiger charge is 2.25. The van der Waals surface area contributed by atoms with Crippen LogP contribution < -0.4 is 15.5 Å². The van der Waals surface area contributed by atoms with Gasteiger partial charge in [0, 0.05) is 40.8 Å². The molecule has 0 radical (unpaired) electrons. The summed E-state index contributed by atoms with van der Waals surface area (Å²) >= 11 is 0. The minimum Gasteiger partial charge on any atom is -0.361 e. The van der Waals surface area contributed by atoms with Crippen molar-refractivity contribution >= 4 is 40.2 Å². The van der Waals surface area contributed by atoms with Crippen LogP contribution in [-0.4, -0.2) is 17.2 Å². The zero-order valence-electron chi connectivity index (χ0n) is 18.1. The summed E-state index contributed by atoms with van der Waals surface area (Å²) in [7, 11) is 0. The number of carbonyl (C=O) groups is 2. The fourth-order valence-corrected chi connectivity index (χ4v) is 4.28. The maximum Gasteiger partial charge on any atom is 0.227 e. The lowest BCUT2D eigenvalue weighted by molar-refractivity contribution is -0.119. The number of benzene rings is 3. The van der Waals surface area contributed by atoms with Crippen LogP contribution in [0.25, 0.3) is 10.9 Å². The van der Waals surface area contributed by atoms with Crippen LogP contribution >= 0.6 is 0 Å². The Labute approximate surface area is 191 Å². The highest BCUT2D eigenvalue weighted by atomic mass is 16.2. The highest BCUT2D eigenvalue weighted by molar-refractivity contribution is 5.97. The van der Waals surface area contributed by atoms with Crippen LogP contribution in [0.3, 0.4) is 0 Å². The van der Waals surface area contributed by atoms with E-state index in [0.717, 1.165) is 45.4 Å². The van der Waals surface area contributed by atoms with E-state index in [9.17, 15) is 9.59 Å². The summed E-state index contributed by atoms with van der Waals surface area (Å²) in [6, 6.07) is 21.5. The number of rotatable bonds is 7. The van der Waals surface area contributed by atoms with Gasteiger partial charge >= 0.3 is 0 Å². The Morgan fingerprint density at radius 3 is 2.64 bits per heavy atom. The number of amides is 1. The van der Waals surface area contributed by atoms with E-state index >= 15 is 0 Å².